The Kier molecular flexibility index (Phi) is 3.25. The number of ketones is 1. The molecule has 24 heavy (non-hydrogen) atoms. The minimum atomic E-state index is -3.54. The molecular weight excluding hydrogens is 322 g/mol. The number of para-hydroxylation sites is 1. The van der Waals surface area contributed by atoms with Crippen molar-refractivity contribution in [3.05, 3.63) is 29.8 Å². The Bertz CT molecular complexity index is 814. The predicted octanol–water partition coefficient (Wildman–Crippen LogP) is 3.16. The summed E-state index contributed by atoms with van der Waals surface area (Å²) >= 11 is 0. The molecule has 2 aliphatic carbocycles. The molecule has 0 aromatic heterocycles. The summed E-state index contributed by atoms with van der Waals surface area (Å²) in [5.74, 6) is 0.456. The molecule has 130 valence electrons. The maximum atomic E-state index is 13.4. The van der Waals surface area contributed by atoms with Crippen molar-refractivity contribution >= 4 is 21.5 Å². The minimum Gasteiger partial charge on any atom is -0.299 e. The second kappa shape index (κ2) is 4.84. The highest BCUT2D eigenvalue weighted by atomic mass is 32.2. The maximum absolute atomic E-state index is 13.4. The van der Waals surface area contributed by atoms with E-state index < -0.39 is 15.4 Å². The normalized spacial score (nSPS) is 34.0. The number of anilines is 1. The molecule has 0 unspecified atom stereocenters. The first kappa shape index (κ1) is 16.1. The number of hydrogen-bond acceptors (Lipinski definition) is 3. The van der Waals surface area contributed by atoms with E-state index >= 15 is 0 Å². The molecule has 2 bridgehead atoms. The van der Waals surface area contributed by atoms with Gasteiger partial charge in [0.15, 0.2) is 0 Å². The van der Waals surface area contributed by atoms with Gasteiger partial charge in [-0.3, -0.25) is 9.10 Å². The minimum absolute atomic E-state index is 0.0407. The van der Waals surface area contributed by atoms with Crippen LogP contribution in [0.2, 0.25) is 0 Å². The van der Waals surface area contributed by atoms with E-state index in [4.69, 9.17) is 0 Å². The Morgan fingerprint density at radius 3 is 2.54 bits per heavy atom. The number of nitrogens with zero attached hydrogens (tertiary/aromatic N) is 1. The molecule has 5 heteroatoms. The van der Waals surface area contributed by atoms with E-state index in [0.29, 0.717) is 18.8 Å². The Morgan fingerprint density at radius 2 is 1.92 bits per heavy atom. The van der Waals surface area contributed by atoms with E-state index in [9.17, 15) is 13.2 Å². The van der Waals surface area contributed by atoms with E-state index in [-0.39, 0.29) is 23.0 Å². The zero-order valence-electron chi connectivity index (χ0n) is 14.6. The van der Waals surface area contributed by atoms with Crippen molar-refractivity contribution in [2.75, 3.05) is 10.1 Å². The van der Waals surface area contributed by atoms with Crippen LogP contribution in [0, 0.1) is 16.7 Å². The topological polar surface area (TPSA) is 54.5 Å². The van der Waals surface area contributed by atoms with E-state index in [1.807, 2.05) is 31.2 Å². The van der Waals surface area contributed by atoms with Crippen molar-refractivity contribution in [3.63, 3.8) is 0 Å². The van der Waals surface area contributed by atoms with Crippen LogP contribution in [0.5, 0.6) is 0 Å². The fraction of sp³-hybridized carbons (Fsp3) is 0.632. The van der Waals surface area contributed by atoms with Crippen molar-refractivity contribution in [1.82, 2.24) is 0 Å². The number of Topliss-reactive ketones (excluding diaryl/α,β-unsaturated/α-hetero) is 1. The van der Waals surface area contributed by atoms with Gasteiger partial charge in [0.1, 0.15) is 5.78 Å². The van der Waals surface area contributed by atoms with Crippen LogP contribution in [0.1, 0.15) is 45.6 Å². The van der Waals surface area contributed by atoms with Crippen molar-refractivity contribution in [2.45, 2.75) is 52.5 Å². The summed E-state index contributed by atoms with van der Waals surface area (Å²) in [5.41, 5.74) is 0.944. The molecule has 1 aromatic rings. The molecular formula is C19H25NO3S. The maximum Gasteiger partial charge on any atom is 0.236 e. The van der Waals surface area contributed by atoms with E-state index in [1.54, 1.807) is 4.31 Å². The number of carbonyl (C=O) groups excluding carboxylic acids is 1. The number of benzene rings is 1. The molecule has 0 N–H and O–H groups in total. The van der Waals surface area contributed by atoms with E-state index in [1.165, 1.54) is 0 Å². The second-order valence-corrected chi connectivity index (χ2v) is 10.2. The van der Waals surface area contributed by atoms with Gasteiger partial charge in [0.25, 0.3) is 0 Å². The van der Waals surface area contributed by atoms with Crippen LogP contribution in [0.4, 0.5) is 5.69 Å². The molecule has 1 aromatic carbocycles. The quantitative estimate of drug-likeness (QED) is 0.844. The summed E-state index contributed by atoms with van der Waals surface area (Å²) in [6.45, 7) is 6.13. The van der Waals surface area contributed by atoms with Gasteiger partial charge < -0.3 is 0 Å². The van der Waals surface area contributed by atoms with E-state index in [0.717, 1.165) is 24.1 Å². The average Bonchev–Trinajstić information content (AvgIpc) is 3.01. The lowest BCUT2D eigenvalue weighted by Gasteiger charge is -2.38. The Morgan fingerprint density at radius 1 is 1.21 bits per heavy atom. The van der Waals surface area contributed by atoms with Gasteiger partial charge in [-0.05, 0) is 49.1 Å². The fourth-order valence-electron chi connectivity index (χ4n) is 5.45. The van der Waals surface area contributed by atoms with Gasteiger partial charge >= 0.3 is 0 Å². The van der Waals surface area contributed by atoms with Gasteiger partial charge in [-0.15, -0.1) is 0 Å². The van der Waals surface area contributed by atoms with Crippen LogP contribution in [-0.4, -0.2) is 26.0 Å². The average molecular weight is 347 g/mol. The molecule has 3 atom stereocenters. The highest BCUT2D eigenvalue weighted by molar-refractivity contribution is 7.92. The lowest BCUT2D eigenvalue weighted by atomic mass is 9.70. The molecule has 2 saturated carbocycles. The highest BCUT2D eigenvalue weighted by Gasteiger charge is 2.65. The second-order valence-electron chi connectivity index (χ2n) is 8.40. The van der Waals surface area contributed by atoms with Gasteiger partial charge in [-0.2, -0.15) is 0 Å². The first-order valence-electron chi connectivity index (χ1n) is 8.82. The number of hydrogen-bond donors (Lipinski definition) is 0. The molecule has 0 spiro atoms. The predicted molar refractivity (Wildman–Crippen MR) is 94.4 cm³/mol. The molecule has 2 fully saturated rings. The van der Waals surface area contributed by atoms with Crippen LogP contribution in [-0.2, 0) is 21.2 Å². The monoisotopic (exact) mass is 347 g/mol. The van der Waals surface area contributed by atoms with Crippen molar-refractivity contribution in [2.24, 2.45) is 16.7 Å². The van der Waals surface area contributed by atoms with E-state index in [2.05, 4.69) is 13.8 Å². The number of rotatable bonds is 3. The molecule has 0 radical (unpaired) electrons. The highest BCUT2D eigenvalue weighted by Crippen LogP contribution is 2.64. The Labute approximate surface area is 144 Å². The van der Waals surface area contributed by atoms with Gasteiger partial charge in [-0.25, -0.2) is 8.42 Å². The molecule has 4 rings (SSSR count). The molecule has 3 aliphatic rings. The first-order valence-corrected chi connectivity index (χ1v) is 10.4. The van der Waals surface area contributed by atoms with Crippen LogP contribution < -0.4 is 4.31 Å². The third kappa shape index (κ3) is 1.91. The van der Waals surface area contributed by atoms with Crippen LogP contribution in [0.3, 0.4) is 0 Å². The summed E-state index contributed by atoms with van der Waals surface area (Å²) < 4.78 is 28.3. The van der Waals surface area contributed by atoms with Gasteiger partial charge in [0.05, 0.1) is 16.9 Å². The van der Waals surface area contributed by atoms with Crippen LogP contribution in [0.25, 0.3) is 0 Å². The summed E-state index contributed by atoms with van der Waals surface area (Å²) in [5, 5.41) is 0. The van der Waals surface area contributed by atoms with Gasteiger partial charge in [-0.1, -0.05) is 32.0 Å². The lowest BCUT2D eigenvalue weighted by molar-refractivity contribution is -0.128. The summed E-state index contributed by atoms with van der Waals surface area (Å²) in [6.07, 6.45) is 2.98. The zero-order chi connectivity index (χ0) is 17.3. The summed E-state index contributed by atoms with van der Waals surface area (Å²) in [7, 11) is -3.54. The number of fused-ring (bicyclic) bond motifs is 3. The van der Waals surface area contributed by atoms with Crippen LogP contribution >= 0.6 is 0 Å². The van der Waals surface area contributed by atoms with Crippen molar-refractivity contribution in [1.29, 1.82) is 0 Å². The Balaban J connectivity index is 1.74. The smallest absolute Gasteiger partial charge is 0.236 e. The van der Waals surface area contributed by atoms with Gasteiger partial charge in [0.2, 0.25) is 10.0 Å². The third-order valence-electron chi connectivity index (χ3n) is 7.01. The molecule has 4 nitrogen and oxygen atoms in total. The largest absolute Gasteiger partial charge is 0.299 e. The molecule has 1 heterocycles. The van der Waals surface area contributed by atoms with Crippen LogP contribution in [0.15, 0.2) is 24.3 Å². The zero-order valence-corrected chi connectivity index (χ0v) is 15.4. The molecule has 0 saturated heterocycles. The molecule has 0 amide bonds. The van der Waals surface area contributed by atoms with Crippen molar-refractivity contribution in [3.8, 4) is 0 Å². The van der Waals surface area contributed by atoms with Gasteiger partial charge in [0, 0.05) is 12.5 Å². The number of sulfonamides is 1. The first-order chi connectivity index (χ1) is 11.2. The fourth-order valence-corrected chi connectivity index (χ4v) is 7.99. The molecule has 1 aliphatic heterocycles. The lowest BCUT2D eigenvalue weighted by Crippen LogP contribution is -2.48. The Hall–Kier alpha value is -1.36. The standard InChI is InChI=1S/C19H25NO3S/c1-13-10-14-6-4-5-7-16(14)20(13)24(22,23)12-19-9-8-15(11-17(19)21)18(19,2)3/h4-7,13,15H,8-12H2,1-3H3/t13-,15-,19-/m0/s1. The number of carbonyl (C=O) groups is 1. The third-order valence-corrected chi connectivity index (χ3v) is 9.03. The summed E-state index contributed by atoms with van der Waals surface area (Å²) in [6, 6.07) is 7.63. The van der Waals surface area contributed by atoms with Crippen molar-refractivity contribution < 1.29 is 13.2 Å². The summed E-state index contributed by atoms with van der Waals surface area (Å²) in [4.78, 5) is 12.7. The SMILES string of the molecule is C[C@H]1Cc2ccccc2N1S(=O)(=O)C[C@@]12CC[C@@H](CC1=O)C2(C)C.